The zero-order valence-electron chi connectivity index (χ0n) is 23.5. The van der Waals surface area contributed by atoms with Gasteiger partial charge in [0.1, 0.15) is 11.4 Å². The first-order chi connectivity index (χ1) is 19.8. The Morgan fingerprint density at radius 1 is 1.10 bits per heavy atom. The highest BCUT2D eigenvalue weighted by Gasteiger charge is 2.21. The molecule has 42 heavy (non-hydrogen) atoms. The van der Waals surface area contributed by atoms with E-state index in [2.05, 4.69) is 9.97 Å². The fourth-order valence-corrected chi connectivity index (χ4v) is 5.54. The van der Waals surface area contributed by atoms with Crippen LogP contribution < -0.4 is 26.4 Å². The number of hydrogen-bond acceptors (Lipinski definition) is 8. The van der Waals surface area contributed by atoms with Gasteiger partial charge in [0.15, 0.2) is 11.5 Å². The minimum Gasteiger partial charge on any atom is -0.493 e. The van der Waals surface area contributed by atoms with Crippen LogP contribution in [0.3, 0.4) is 0 Å². The number of halogens is 1. The van der Waals surface area contributed by atoms with Crippen LogP contribution in [-0.2, 0) is 6.42 Å². The van der Waals surface area contributed by atoms with Crippen LogP contribution in [0.2, 0.25) is 0 Å². The van der Waals surface area contributed by atoms with Gasteiger partial charge in [0.05, 0.1) is 19.7 Å². The molecule has 2 heterocycles. The fraction of sp³-hybridized carbons (Fsp3) is 0.290. The Bertz CT molecular complexity index is 1710. The summed E-state index contributed by atoms with van der Waals surface area (Å²) in [5, 5.41) is 10.1. The Kier molecular flexibility index (Phi) is 9.37. The van der Waals surface area contributed by atoms with Crippen molar-refractivity contribution in [1.82, 2.24) is 14.5 Å². The number of carbonyl (C=O) groups is 1. The van der Waals surface area contributed by atoms with Crippen LogP contribution in [-0.4, -0.2) is 39.8 Å². The summed E-state index contributed by atoms with van der Waals surface area (Å²) in [5.74, 6) is 0.352. The predicted molar refractivity (Wildman–Crippen MR) is 167 cm³/mol. The summed E-state index contributed by atoms with van der Waals surface area (Å²) < 4.78 is 13.3. The average molecular weight is 592 g/mol. The first kappa shape index (κ1) is 30.4. The summed E-state index contributed by atoms with van der Waals surface area (Å²) in [6.45, 7) is 0. The highest BCUT2D eigenvalue weighted by Crippen LogP contribution is 2.35. The molecule has 11 heteroatoms. The maximum absolute atomic E-state index is 13.0. The number of pyridine rings is 1. The van der Waals surface area contributed by atoms with Gasteiger partial charge < -0.3 is 30.6 Å². The van der Waals surface area contributed by atoms with Crippen LogP contribution in [0.15, 0.2) is 47.5 Å². The lowest BCUT2D eigenvalue weighted by atomic mass is 9.94. The number of carboxylic acid groups (broad SMARTS) is 1. The molecule has 10 nitrogen and oxygen atoms in total. The van der Waals surface area contributed by atoms with Gasteiger partial charge in [0.25, 0.3) is 0 Å². The van der Waals surface area contributed by atoms with E-state index in [4.69, 9.17) is 20.9 Å². The van der Waals surface area contributed by atoms with Crippen LogP contribution in [0.5, 0.6) is 11.5 Å². The van der Waals surface area contributed by atoms with Crippen molar-refractivity contribution >= 4 is 53.2 Å². The minimum absolute atomic E-state index is 0. The quantitative estimate of drug-likeness (QED) is 0.229. The normalized spacial score (nSPS) is 13.7. The van der Waals surface area contributed by atoms with Gasteiger partial charge >= 0.3 is 5.97 Å². The summed E-state index contributed by atoms with van der Waals surface area (Å²) in [6.07, 6.45) is 12.7. The number of nitrogen functional groups attached to an aromatic ring is 2. The van der Waals surface area contributed by atoms with Gasteiger partial charge in [-0.05, 0) is 48.2 Å². The van der Waals surface area contributed by atoms with Crippen molar-refractivity contribution in [1.29, 1.82) is 0 Å². The number of nitrogens with two attached hydrogens (primary N) is 2. The number of ether oxygens (including phenoxy) is 2. The van der Waals surface area contributed by atoms with Gasteiger partial charge in [-0.1, -0.05) is 37.5 Å². The Morgan fingerprint density at radius 3 is 2.52 bits per heavy atom. The van der Waals surface area contributed by atoms with Gasteiger partial charge in [-0.3, -0.25) is 4.79 Å². The molecule has 220 valence electrons. The molecule has 1 aliphatic carbocycles. The van der Waals surface area contributed by atoms with E-state index in [9.17, 15) is 14.7 Å². The van der Waals surface area contributed by atoms with Gasteiger partial charge in [0, 0.05) is 41.4 Å². The van der Waals surface area contributed by atoms with Crippen LogP contribution in [0.25, 0.3) is 23.1 Å². The lowest BCUT2D eigenvalue weighted by molar-refractivity contribution is 0.0694. The SMILES string of the molecule is COc1cc(Cc2cnc(N)nc2N)cc(C=Cc2ccc3c(=O)c(C(=O)O)cn(C4CCCCC4)c3c2)c1OC.Cl. The van der Waals surface area contributed by atoms with Gasteiger partial charge in [-0.15, -0.1) is 12.4 Å². The summed E-state index contributed by atoms with van der Waals surface area (Å²) >= 11 is 0. The number of methoxy groups -OCH3 is 2. The third-order valence-corrected chi connectivity index (χ3v) is 7.59. The van der Waals surface area contributed by atoms with Crippen molar-refractivity contribution in [3.63, 3.8) is 0 Å². The highest BCUT2D eigenvalue weighted by atomic mass is 35.5. The smallest absolute Gasteiger partial charge is 0.341 e. The fourth-order valence-electron chi connectivity index (χ4n) is 5.54. The van der Waals surface area contributed by atoms with Crippen molar-refractivity contribution < 1.29 is 19.4 Å². The second kappa shape index (κ2) is 12.9. The molecule has 2 aromatic heterocycles. The van der Waals surface area contributed by atoms with Gasteiger partial charge in [-0.25, -0.2) is 9.78 Å². The number of hydrogen-bond donors (Lipinski definition) is 3. The number of aromatic nitrogens is 3. The molecule has 5 N–H and O–H groups in total. The van der Waals surface area contributed by atoms with Crippen molar-refractivity contribution in [3.8, 4) is 11.5 Å². The molecular weight excluding hydrogens is 558 g/mol. The molecule has 0 saturated heterocycles. The van der Waals surface area contributed by atoms with Crippen LogP contribution >= 0.6 is 12.4 Å². The monoisotopic (exact) mass is 591 g/mol. The van der Waals surface area contributed by atoms with Crippen LogP contribution in [0.4, 0.5) is 11.8 Å². The summed E-state index contributed by atoms with van der Waals surface area (Å²) in [6, 6.07) is 9.47. The molecule has 0 amide bonds. The lowest BCUT2D eigenvalue weighted by Gasteiger charge is -2.26. The van der Waals surface area contributed by atoms with Crippen molar-refractivity contribution in [2.45, 2.75) is 44.6 Å². The summed E-state index contributed by atoms with van der Waals surface area (Å²) in [7, 11) is 3.16. The minimum atomic E-state index is -1.21. The zero-order chi connectivity index (χ0) is 29.1. The Hall–Kier alpha value is -4.57. The van der Waals surface area contributed by atoms with E-state index < -0.39 is 11.4 Å². The third-order valence-electron chi connectivity index (χ3n) is 7.59. The van der Waals surface area contributed by atoms with E-state index in [1.54, 1.807) is 26.5 Å². The molecule has 1 fully saturated rings. The standard InChI is InChI=1S/C31H33N5O5.ClH/c1-40-26-15-19(13-21-16-34-31(33)35-29(21)32)12-20(28(26)41-2)10-8-18-9-11-23-25(14-18)36(22-6-4-3-5-7-22)17-24(27(23)37)30(38)39;/h8-12,14-17,22H,3-7,13H2,1-2H3,(H,38,39)(H4,32,33,34,35);1H. The molecule has 0 unspecified atom stereocenters. The summed E-state index contributed by atoms with van der Waals surface area (Å²) in [5.41, 5.74) is 15.0. The molecule has 0 aliphatic heterocycles. The molecule has 0 radical (unpaired) electrons. The van der Waals surface area contributed by atoms with Gasteiger partial charge in [0.2, 0.25) is 11.4 Å². The van der Waals surface area contributed by atoms with E-state index in [0.717, 1.165) is 59.9 Å². The lowest BCUT2D eigenvalue weighted by Crippen LogP contribution is -2.22. The van der Waals surface area contributed by atoms with Crippen LogP contribution in [0.1, 0.15) is 70.8 Å². The number of aromatic carboxylic acids is 1. The topological polar surface area (TPSA) is 156 Å². The molecule has 5 rings (SSSR count). The number of carboxylic acids is 1. The van der Waals surface area contributed by atoms with E-state index in [1.165, 1.54) is 6.20 Å². The Labute approximate surface area is 249 Å². The number of benzene rings is 2. The van der Waals surface area contributed by atoms with E-state index >= 15 is 0 Å². The molecule has 4 aromatic rings. The Balaban J connectivity index is 0.00000405. The first-order valence-corrected chi connectivity index (χ1v) is 13.5. The maximum atomic E-state index is 13.0. The molecule has 0 atom stereocenters. The van der Waals surface area contributed by atoms with E-state index in [-0.39, 0.29) is 30.0 Å². The summed E-state index contributed by atoms with van der Waals surface area (Å²) in [4.78, 5) is 33.0. The Morgan fingerprint density at radius 2 is 1.86 bits per heavy atom. The van der Waals surface area contributed by atoms with Gasteiger partial charge in [-0.2, -0.15) is 4.98 Å². The molecular formula is C31H34ClN5O5. The molecule has 0 bridgehead atoms. The van der Waals surface area contributed by atoms with Crippen molar-refractivity contribution in [2.75, 3.05) is 25.7 Å². The molecule has 1 aliphatic rings. The predicted octanol–water partition coefficient (Wildman–Crippen LogP) is 5.36. The van der Waals surface area contributed by atoms with E-state index in [0.29, 0.717) is 29.1 Å². The first-order valence-electron chi connectivity index (χ1n) is 13.5. The number of anilines is 2. The second-order valence-electron chi connectivity index (χ2n) is 10.2. The number of nitrogens with zero attached hydrogens (tertiary/aromatic N) is 3. The highest BCUT2D eigenvalue weighted by molar-refractivity contribution is 5.93. The largest absolute Gasteiger partial charge is 0.493 e. The van der Waals surface area contributed by atoms with E-state index in [1.807, 2.05) is 41.0 Å². The van der Waals surface area contributed by atoms with Crippen molar-refractivity contribution in [2.24, 2.45) is 0 Å². The van der Waals surface area contributed by atoms with Crippen molar-refractivity contribution in [3.05, 3.63) is 80.8 Å². The van der Waals surface area contributed by atoms with Crippen LogP contribution in [0, 0.1) is 0 Å². The molecule has 0 spiro atoms. The third kappa shape index (κ3) is 6.18. The number of fused-ring (bicyclic) bond motifs is 1. The molecule has 2 aromatic carbocycles. The number of rotatable bonds is 8. The maximum Gasteiger partial charge on any atom is 0.341 e. The second-order valence-corrected chi connectivity index (χ2v) is 10.2. The average Bonchev–Trinajstić information content (AvgIpc) is 2.97. The molecule has 1 saturated carbocycles. The zero-order valence-corrected chi connectivity index (χ0v) is 24.3.